The Morgan fingerprint density at radius 2 is 1.77 bits per heavy atom. The van der Waals surface area contributed by atoms with E-state index < -0.39 is 0 Å². The predicted molar refractivity (Wildman–Crippen MR) is 97.9 cm³/mol. The van der Waals surface area contributed by atoms with Crippen LogP contribution in [0.2, 0.25) is 0 Å². The molecular formula is C22H22. The van der Waals surface area contributed by atoms with E-state index >= 15 is 0 Å². The molecule has 0 heterocycles. The Kier molecular flexibility index (Phi) is 4.11. The highest BCUT2D eigenvalue weighted by Gasteiger charge is 2.15. The summed E-state index contributed by atoms with van der Waals surface area (Å²) in [5, 5.41) is 2.68. The molecule has 1 aliphatic rings. The van der Waals surface area contributed by atoms with Gasteiger partial charge in [0.05, 0.1) is 0 Å². The van der Waals surface area contributed by atoms with E-state index in [2.05, 4.69) is 87.5 Å². The molecule has 0 bridgehead atoms. The highest BCUT2D eigenvalue weighted by atomic mass is 14.2. The Labute approximate surface area is 133 Å². The smallest absolute Gasteiger partial charge is 0.00169 e. The van der Waals surface area contributed by atoms with Crippen molar-refractivity contribution in [2.45, 2.75) is 27.2 Å². The van der Waals surface area contributed by atoms with Crippen LogP contribution in [0, 0.1) is 6.92 Å². The summed E-state index contributed by atoms with van der Waals surface area (Å²) in [7, 11) is 0. The molecule has 0 saturated heterocycles. The summed E-state index contributed by atoms with van der Waals surface area (Å²) in [6, 6.07) is 13.1. The van der Waals surface area contributed by atoms with Crippen molar-refractivity contribution in [3.8, 4) is 0 Å². The minimum absolute atomic E-state index is 1.00. The molecule has 110 valence electrons. The fourth-order valence-corrected chi connectivity index (χ4v) is 3.14. The average Bonchev–Trinajstić information content (AvgIpc) is 2.54. The van der Waals surface area contributed by atoms with Crippen molar-refractivity contribution in [3.63, 3.8) is 0 Å². The molecule has 0 N–H and O–H groups in total. The van der Waals surface area contributed by atoms with Crippen LogP contribution < -0.4 is 0 Å². The molecule has 1 aliphatic carbocycles. The van der Waals surface area contributed by atoms with Crippen LogP contribution in [-0.4, -0.2) is 0 Å². The lowest BCUT2D eigenvalue weighted by molar-refractivity contribution is 1.23. The van der Waals surface area contributed by atoms with E-state index in [1.54, 1.807) is 0 Å². The van der Waals surface area contributed by atoms with Crippen molar-refractivity contribution >= 4 is 16.3 Å². The van der Waals surface area contributed by atoms with E-state index in [0.29, 0.717) is 0 Å². The molecule has 0 nitrogen and oxygen atoms in total. The highest BCUT2D eigenvalue weighted by Crippen LogP contribution is 2.37. The summed E-state index contributed by atoms with van der Waals surface area (Å²) < 4.78 is 0. The first kappa shape index (κ1) is 14.6. The number of hydrogen-bond acceptors (Lipinski definition) is 0. The van der Waals surface area contributed by atoms with Gasteiger partial charge in [0, 0.05) is 0 Å². The fraction of sp³-hybridized carbons (Fsp3) is 0.182. The molecule has 0 unspecified atom stereocenters. The van der Waals surface area contributed by atoms with Crippen LogP contribution in [0.1, 0.15) is 31.4 Å². The Balaban J connectivity index is 2.18. The van der Waals surface area contributed by atoms with Crippen LogP contribution in [0.25, 0.3) is 16.3 Å². The molecule has 0 amide bonds. The second-order valence-electron chi connectivity index (χ2n) is 5.92. The van der Waals surface area contributed by atoms with Crippen LogP contribution in [0.15, 0.2) is 77.9 Å². The summed E-state index contributed by atoms with van der Waals surface area (Å²) in [6.45, 7) is 6.50. The Hall–Kier alpha value is -2.34. The van der Waals surface area contributed by atoms with Crippen molar-refractivity contribution in [2.75, 3.05) is 0 Å². The molecular weight excluding hydrogens is 264 g/mol. The van der Waals surface area contributed by atoms with E-state index in [0.717, 1.165) is 6.42 Å². The highest BCUT2D eigenvalue weighted by molar-refractivity contribution is 5.97. The monoisotopic (exact) mass is 286 g/mol. The summed E-state index contributed by atoms with van der Waals surface area (Å²) >= 11 is 0. The Morgan fingerprint density at radius 1 is 0.955 bits per heavy atom. The summed E-state index contributed by atoms with van der Waals surface area (Å²) in [5.41, 5.74) is 6.95. The van der Waals surface area contributed by atoms with Gasteiger partial charge in [0.25, 0.3) is 0 Å². The van der Waals surface area contributed by atoms with Gasteiger partial charge in [0.15, 0.2) is 0 Å². The molecule has 0 saturated carbocycles. The standard InChI is InChI=1S/C22H22/c1-4-5-8-18-13-11-16(2)21(15-18)22-17(3)12-14-19-9-6-7-10-20(19)22/h4-14H,15H2,1-3H3/b5-4-,18-8-. The van der Waals surface area contributed by atoms with Crippen LogP contribution in [0.3, 0.4) is 0 Å². The molecule has 0 heteroatoms. The van der Waals surface area contributed by atoms with E-state index in [-0.39, 0.29) is 0 Å². The summed E-state index contributed by atoms with van der Waals surface area (Å²) in [6.07, 6.45) is 11.9. The van der Waals surface area contributed by atoms with E-state index in [1.807, 2.05) is 0 Å². The molecule has 0 aromatic heterocycles. The molecule has 0 fully saturated rings. The third-order valence-corrected chi connectivity index (χ3v) is 4.35. The van der Waals surface area contributed by atoms with Crippen LogP contribution in [-0.2, 0) is 0 Å². The maximum Gasteiger partial charge on any atom is -0.00169 e. The summed E-state index contributed by atoms with van der Waals surface area (Å²) in [5.74, 6) is 0. The molecule has 0 radical (unpaired) electrons. The third-order valence-electron chi connectivity index (χ3n) is 4.35. The normalized spacial score (nSPS) is 17.1. The second-order valence-corrected chi connectivity index (χ2v) is 5.92. The average molecular weight is 286 g/mol. The molecule has 3 rings (SSSR count). The first-order valence-electron chi connectivity index (χ1n) is 7.89. The van der Waals surface area contributed by atoms with Crippen LogP contribution >= 0.6 is 0 Å². The number of rotatable bonds is 2. The molecule has 2 aromatic carbocycles. The quantitative estimate of drug-likeness (QED) is 0.600. The van der Waals surface area contributed by atoms with Gasteiger partial charge in [-0.15, -0.1) is 0 Å². The maximum absolute atomic E-state index is 2.25. The summed E-state index contributed by atoms with van der Waals surface area (Å²) in [4.78, 5) is 0. The second kappa shape index (κ2) is 6.19. The van der Waals surface area contributed by atoms with E-state index in [9.17, 15) is 0 Å². The molecule has 0 atom stereocenters. The number of allylic oxidation sites excluding steroid dienone is 8. The van der Waals surface area contributed by atoms with Gasteiger partial charge in [-0.05, 0) is 65.8 Å². The van der Waals surface area contributed by atoms with Gasteiger partial charge in [0.1, 0.15) is 0 Å². The lowest BCUT2D eigenvalue weighted by Gasteiger charge is -2.20. The SMILES string of the molecule is C/C=C\C=C1\C=CC(C)=C(c2c(C)ccc3ccccc23)C1. The lowest BCUT2D eigenvalue weighted by atomic mass is 9.85. The minimum Gasteiger partial charge on any atom is -0.0877 e. The number of hydrogen-bond donors (Lipinski definition) is 0. The zero-order chi connectivity index (χ0) is 15.5. The van der Waals surface area contributed by atoms with E-state index in [1.165, 1.54) is 38.6 Å². The van der Waals surface area contributed by atoms with Crippen molar-refractivity contribution in [2.24, 2.45) is 0 Å². The zero-order valence-electron chi connectivity index (χ0n) is 13.6. The van der Waals surface area contributed by atoms with Gasteiger partial charge in [-0.25, -0.2) is 0 Å². The zero-order valence-corrected chi connectivity index (χ0v) is 13.6. The van der Waals surface area contributed by atoms with E-state index in [4.69, 9.17) is 0 Å². The maximum atomic E-state index is 2.25. The number of aryl methyl sites for hydroxylation is 1. The van der Waals surface area contributed by atoms with Gasteiger partial charge < -0.3 is 0 Å². The number of fused-ring (bicyclic) bond motifs is 1. The van der Waals surface area contributed by atoms with Crippen LogP contribution in [0.5, 0.6) is 0 Å². The number of benzene rings is 2. The van der Waals surface area contributed by atoms with Gasteiger partial charge in [-0.3, -0.25) is 0 Å². The largest absolute Gasteiger partial charge is 0.0877 e. The fourth-order valence-electron chi connectivity index (χ4n) is 3.14. The van der Waals surface area contributed by atoms with Crippen LogP contribution in [0.4, 0.5) is 0 Å². The third kappa shape index (κ3) is 2.69. The van der Waals surface area contributed by atoms with Crippen molar-refractivity contribution in [3.05, 3.63) is 89.1 Å². The van der Waals surface area contributed by atoms with Gasteiger partial charge in [-0.2, -0.15) is 0 Å². The predicted octanol–water partition coefficient (Wildman–Crippen LogP) is 6.38. The van der Waals surface area contributed by atoms with Gasteiger partial charge >= 0.3 is 0 Å². The minimum atomic E-state index is 1.00. The molecule has 0 spiro atoms. The Morgan fingerprint density at radius 3 is 2.59 bits per heavy atom. The van der Waals surface area contributed by atoms with Crippen molar-refractivity contribution in [1.82, 2.24) is 0 Å². The molecule has 22 heavy (non-hydrogen) atoms. The molecule has 0 aliphatic heterocycles. The van der Waals surface area contributed by atoms with Crippen molar-refractivity contribution < 1.29 is 0 Å². The lowest BCUT2D eigenvalue weighted by Crippen LogP contribution is -1.98. The van der Waals surface area contributed by atoms with Gasteiger partial charge in [-0.1, -0.05) is 66.8 Å². The Bertz CT molecular complexity index is 826. The van der Waals surface area contributed by atoms with Crippen molar-refractivity contribution in [1.29, 1.82) is 0 Å². The molecule has 2 aromatic rings. The first-order chi connectivity index (χ1) is 10.7. The topological polar surface area (TPSA) is 0 Å². The van der Waals surface area contributed by atoms with Gasteiger partial charge in [0.2, 0.25) is 0 Å². The first-order valence-corrected chi connectivity index (χ1v) is 7.89.